The molecule has 0 saturated carbocycles. The Morgan fingerprint density at radius 1 is 1.10 bits per heavy atom. The number of rotatable bonds is 7. The fourth-order valence-corrected chi connectivity index (χ4v) is 4.28. The molecule has 158 valence electrons. The third-order valence-corrected chi connectivity index (χ3v) is 5.86. The van der Waals surface area contributed by atoms with E-state index >= 15 is 0 Å². The molecule has 0 aliphatic rings. The Morgan fingerprint density at radius 2 is 1.84 bits per heavy atom. The minimum absolute atomic E-state index is 0.0255. The summed E-state index contributed by atoms with van der Waals surface area (Å²) in [5.41, 5.74) is 9.65. The first-order valence-corrected chi connectivity index (χ1v) is 10.8. The molecule has 31 heavy (non-hydrogen) atoms. The van der Waals surface area contributed by atoms with Crippen LogP contribution in [0.2, 0.25) is 0 Å². The molecular weight excluding hydrogens is 410 g/mol. The van der Waals surface area contributed by atoms with E-state index in [2.05, 4.69) is 4.98 Å². The third kappa shape index (κ3) is 4.78. The predicted molar refractivity (Wildman–Crippen MR) is 123 cm³/mol. The minimum Gasteiger partial charge on any atom is -0.494 e. The summed E-state index contributed by atoms with van der Waals surface area (Å²) in [5.74, 6) is 0.686. The molecule has 4 aromatic rings. The van der Waals surface area contributed by atoms with E-state index in [0.29, 0.717) is 12.2 Å². The Hall–Kier alpha value is -3.58. The molecule has 0 aliphatic heterocycles. The average Bonchev–Trinajstić information content (AvgIpc) is 3.12. The highest BCUT2D eigenvalue weighted by Crippen LogP contribution is 2.32. The number of thiazole rings is 1. The van der Waals surface area contributed by atoms with E-state index in [4.69, 9.17) is 10.5 Å². The summed E-state index contributed by atoms with van der Waals surface area (Å²) in [6, 6.07) is 19.1. The van der Waals surface area contributed by atoms with Crippen molar-refractivity contribution in [1.29, 1.82) is 0 Å². The van der Waals surface area contributed by atoms with Gasteiger partial charge in [0, 0.05) is 30.5 Å². The molecule has 2 atom stereocenters. The highest BCUT2D eigenvalue weighted by molar-refractivity contribution is 7.07. The van der Waals surface area contributed by atoms with Gasteiger partial charge in [-0.1, -0.05) is 35.6 Å². The van der Waals surface area contributed by atoms with E-state index in [1.165, 1.54) is 9.95 Å². The smallest absolute Gasteiger partial charge is 0.310 e. The monoisotopic (exact) mass is 433 g/mol. The van der Waals surface area contributed by atoms with Crippen LogP contribution in [0.25, 0.3) is 11.1 Å². The minimum atomic E-state index is -0.317. The normalized spacial score (nSPS) is 12.9. The van der Waals surface area contributed by atoms with Crippen LogP contribution in [0.1, 0.15) is 31.1 Å². The van der Waals surface area contributed by atoms with E-state index in [1.807, 2.05) is 67.6 Å². The molecule has 2 aromatic carbocycles. The van der Waals surface area contributed by atoms with Crippen molar-refractivity contribution in [3.8, 4) is 22.8 Å². The molecule has 0 radical (unpaired) electrons. The number of benzene rings is 2. The number of nitrogen functional groups attached to an aromatic ring is 1. The van der Waals surface area contributed by atoms with Crippen LogP contribution in [-0.4, -0.2) is 14.7 Å². The predicted octanol–water partition coefficient (Wildman–Crippen LogP) is 5.03. The molecule has 0 saturated heterocycles. The van der Waals surface area contributed by atoms with E-state index in [0.717, 1.165) is 33.7 Å². The third-order valence-electron chi connectivity index (χ3n) is 5.14. The zero-order valence-electron chi connectivity index (χ0n) is 17.0. The maximum atomic E-state index is 12.1. The number of hydrogen-bond donors (Lipinski definition) is 2. The fourth-order valence-electron chi connectivity index (χ4n) is 3.57. The van der Waals surface area contributed by atoms with E-state index < -0.39 is 0 Å². The lowest BCUT2D eigenvalue weighted by atomic mass is 10.0. The van der Waals surface area contributed by atoms with Crippen LogP contribution in [0.5, 0.6) is 11.6 Å². The van der Waals surface area contributed by atoms with Crippen molar-refractivity contribution in [1.82, 2.24) is 9.55 Å². The molecular formula is C24H23N3O3S. The summed E-state index contributed by atoms with van der Waals surface area (Å²) in [6.07, 6.45) is 3.62. The molecule has 7 heteroatoms. The maximum Gasteiger partial charge on any atom is 0.310 e. The van der Waals surface area contributed by atoms with Gasteiger partial charge < -0.3 is 15.6 Å². The van der Waals surface area contributed by atoms with Crippen molar-refractivity contribution in [3.05, 3.63) is 93.7 Å². The van der Waals surface area contributed by atoms with Crippen molar-refractivity contribution in [2.75, 3.05) is 5.73 Å². The van der Waals surface area contributed by atoms with Gasteiger partial charge >= 0.3 is 4.87 Å². The first-order valence-electron chi connectivity index (χ1n) is 9.93. The summed E-state index contributed by atoms with van der Waals surface area (Å²) >= 11 is 0.984. The van der Waals surface area contributed by atoms with E-state index in [9.17, 15) is 9.90 Å². The molecule has 2 aromatic heterocycles. The van der Waals surface area contributed by atoms with Crippen LogP contribution in [0, 0.1) is 0 Å². The zero-order chi connectivity index (χ0) is 21.8. The van der Waals surface area contributed by atoms with E-state index in [-0.39, 0.29) is 22.9 Å². The highest BCUT2D eigenvalue weighted by Gasteiger charge is 2.21. The number of nitrogens with two attached hydrogens (primary N) is 1. The van der Waals surface area contributed by atoms with Gasteiger partial charge in [0.15, 0.2) is 0 Å². The number of pyridine rings is 1. The van der Waals surface area contributed by atoms with Crippen LogP contribution < -0.4 is 15.3 Å². The summed E-state index contributed by atoms with van der Waals surface area (Å²) in [6.45, 7) is 1.90. The van der Waals surface area contributed by atoms with Gasteiger partial charge in [0.05, 0.1) is 5.38 Å². The number of ether oxygens (including phenoxy) is 1. The fraction of sp³-hybridized carbons (Fsp3) is 0.167. The van der Waals surface area contributed by atoms with Gasteiger partial charge in [0.2, 0.25) is 5.88 Å². The van der Waals surface area contributed by atoms with Crippen LogP contribution in [-0.2, 0) is 0 Å². The van der Waals surface area contributed by atoms with Gasteiger partial charge in [-0.3, -0.25) is 14.3 Å². The van der Waals surface area contributed by atoms with Crippen molar-refractivity contribution in [2.45, 2.75) is 25.5 Å². The first-order chi connectivity index (χ1) is 15.0. The van der Waals surface area contributed by atoms with Gasteiger partial charge in [-0.05, 0) is 60.0 Å². The summed E-state index contributed by atoms with van der Waals surface area (Å²) in [7, 11) is 0. The second-order valence-electron chi connectivity index (χ2n) is 7.35. The molecule has 0 bridgehead atoms. The van der Waals surface area contributed by atoms with Crippen LogP contribution in [0.3, 0.4) is 0 Å². The van der Waals surface area contributed by atoms with Gasteiger partial charge in [0.25, 0.3) is 0 Å². The molecule has 0 amide bonds. The zero-order valence-corrected chi connectivity index (χ0v) is 17.8. The highest BCUT2D eigenvalue weighted by atomic mass is 32.1. The number of aromatic hydroxyl groups is 1. The second kappa shape index (κ2) is 9.06. The Bertz CT molecular complexity index is 1200. The summed E-state index contributed by atoms with van der Waals surface area (Å²) in [5, 5.41) is 11.5. The molecule has 6 nitrogen and oxygen atoms in total. The largest absolute Gasteiger partial charge is 0.494 e. The molecule has 2 unspecified atom stereocenters. The molecule has 3 N–H and O–H groups in total. The lowest BCUT2D eigenvalue weighted by Crippen LogP contribution is -2.21. The van der Waals surface area contributed by atoms with Crippen LogP contribution in [0.4, 0.5) is 5.69 Å². The number of aromatic nitrogens is 2. The molecule has 2 heterocycles. The van der Waals surface area contributed by atoms with Crippen molar-refractivity contribution in [3.63, 3.8) is 0 Å². The Morgan fingerprint density at radius 3 is 2.48 bits per heavy atom. The quantitative estimate of drug-likeness (QED) is 0.399. The number of anilines is 1. The lowest BCUT2D eigenvalue weighted by Gasteiger charge is -2.23. The van der Waals surface area contributed by atoms with Crippen molar-refractivity contribution < 1.29 is 9.84 Å². The van der Waals surface area contributed by atoms with Gasteiger partial charge in [-0.25, -0.2) is 0 Å². The Balaban J connectivity index is 1.57. The molecule has 4 rings (SSSR count). The van der Waals surface area contributed by atoms with Crippen LogP contribution in [0.15, 0.2) is 83.2 Å². The molecule has 0 spiro atoms. The maximum absolute atomic E-state index is 12.1. The topological polar surface area (TPSA) is 90.4 Å². The second-order valence-corrected chi connectivity index (χ2v) is 8.17. The first kappa shape index (κ1) is 20.7. The Labute approximate surface area is 184 Å². The molecule has 0 fully saturated rings. The van der Waals surface area contributed by atoms with Crippen LogP contribution >= 0.6 is 11.3 Å². The molecule has 0 aliphatic carbocycles. The average molecular weight is 434 g/mol. The Kier molecular flexibility index (Phi) is 6.04. The number of nitrogens with zero attached hydrogens (tertiary/aromatic N) is 2. The van der Waals surface area contributed by atoms with Gasteiger partial charge in [-0.15, -0.1) is 0 Å². The van der Waals surface area contributed by atoms with Gasteiger partial charge in [-0.2, -0.15) is 0 Å². The van der Waals surface area contributed by atoms with Crippen molar-refractivity contribution >= 4 is 17.0 Å². The summed E-state index contributed by atoms with van der Waals surface area (Å²) < 4.78 is 7.71. The van der Waals surface area contributed by atoms with E-state index in [1.54, 1.807) is 12.4 Å². The van der Waals surface area contributed by atoms with Crippen molar-refractivity contribution in [2.24, 2.45) is 0 Å². The number of hydrogen-bond acceptors (Lipinski definition) is 6. The standard InChI is InChI=1S/C24H23N3O3S/c1-16(27-23(28)15-31-24(27)29)13-22(18-9-11-26-12-10-18)30-21-7-5-17(6-8-21)19-3-2-4-20(25)14-19/h2-12,14-16,22,28H,13,25H2,1H3. The summed E-state index contributed by atoms with van der Waals surface area (Å²) in [4.78, 5) is 16.0. The lowest BCUT2D eigenvalue weighted by molar-refractivity contribution is 0.171. The SMILES string of the molecule is CC(CC(Oc1ccc(-c2cccc(N)c2)cc1)c1ccncc1)n1c(O)csc1=O. The van der Waals surface area contributed by atoms with Gasteiger partial charge in [0.1, 0.15) is 11.9 Å².